The molecule has 2 aliphatic heterocycles. The van der Waals surface area contributed by atoms with Gasteiger partial charge in [0.05, 0.1) is 19.0 Å². The van der Waals surface area contributed by atoms with Gasteiger partial charge in [-0.1, -0.05) is 84.3 Å². The van der Waals surface area contributed by atoms with Crippen LogP contribution in [0.5, 0.6) is 0 Å². The first-order valence-electron chi connectivity index (χ1n) is 24.9. The molecule has 2 saturated heterocycles. The fourth-order valence-corrected chi connectivity index (χ4v) is 10.7. The molecule has 2 aromatic carbocycles. The van der Waals surface area contributed by atoms with Gasteiger partial charge in [0.2, 0.25) is 65.0 Å². The van der Waals surface area contributed by atoms with Crippen molar-refractivity contribution < 1.29 is 52.7 Å². The third-order valence-corrected chi connectivity index (χ3v) is 15.1. The van der Waals surface area contributed by atoms with Crippen LogP contribution in [-0.2, 0) is 59.2 Å². The van der Waals surface area contributed by atoms with E-state index in [2.05, 4.69) is 42.2 Å². The normalized spacial score (nSPS) is 23.0. The summed E-state index contributed by atoms with van der Waals surface area (Å²) in [5.41, 5.74) is 34.2. The summed E-state index contributed by atoms with van der Waals surface area (Å²) in [4.78, 5) is 154. The predicted octanol–water partition coefficient (Wildman–Crippen LogP) is -3.76. The number of hydrogen-bond acceptors (Lipinski definition) is 15. The second-order valence-electron chi connectivity index (χ2n) is 18.5. The Morgan fingerprint density at radius 3 is 2.11 bits per heavy atom. The molecule has 26 nitrogen and oxygen atoms in total. The van der Waals surface area contributed by atoms with Crippen LogP contribution in [0.3, 0.4) is 0 Å². The van der Waals surface area contributed by atoms with E-state index in [0.29, 0.717) is 31.2 Å². The maximum atomic E-state index is 14.7. The summed E-state index contributed by atoms with van der Waals surface area (Å²) in [7, 11) is 2.07. The van der Waals surface area contributed by atoms with Gasteiger partial charge in [-0.25, -0.2) is 0 Å². The van der Waals surface area contributed by atoms with E-state index in [9.17, 15) is 52.7 Å². The Morgan fingerprint density at radius 2 is 1.42 bits per heavy atom. The molecular formula is C48H71N15O11S2. The number of carbonyl (C=O) groups is 11. The van der Waals surface area contributed by atoms with Gasteiger partial charge >= 0.3 is 0 Å². The number of likely N-dealkylation sites (tertiary alicyclic amines) is 1. The van der Waals surface area contributed by atoms with E-state index in [0.717, 1.165) is 32.4 Å². The zero-order valence-electron chi connectivity index (χ0n) is 42.5. The van der Waals surface area contributed by atoms with E-state index < -0.39 is 145 Å². The molecule has 4 rings (SSSR count). The molecule has 0 bridgehead atoms. The van der Waals surface area contributed by atoms with Crippen LogP contribution in [-0.4, -0.2) is 155 Å². The Balaban J connectivity index is 1.70. The van der Waals surface area contributed by atoms with Gasteiger partial charge in [-0.15, -0.1) is 0 Å². The maximum absolute atomic E-state index is 14.7. The Kier molecular flexibility index (Phi) is 24.5. The lowest BCUT2D eigenvalue weighted by molar-refractivity contribution is -0.142. The highest BCUT2D eigenvalue weighted by Crippen LogP contribution is 2.26. The van der Waals surface area contributed by atoms with Gasteiger partial charge in [-0.3, -0.25) is 57.7 Å². The molecule has 2 heterocycles. The first kappa shape index (κ1) is 61.3. The molecule has 19 N–H and O–H groups in total. The second kappa shape index (κ2) is 30.4. The lowest BCUT2D eigenvalue weighted by Crippen LogP contribution is -2.61. The van der Waals surface area contributed by atoms with Crippen molar-refractivity contribution in [3.8, 4) is 0 Å². The van der Waals surface area contributed by atoms with Crippen molar-refractivity contribution in [1.29, 1.82) is 0 Å². The quantitative estimate of drug-likeness (QED) is 0.0262. The summed E-state index contributed by atoms with van der Waals surface area (Å²) in [5, 5.41) is 19.8. The van der Waals surface area contributed by atoms with Crippen LogP contribution in [0.2, 0.25) is 0 Å². The van der Waals surface area contributed by atoms with Crippen molar-refractivity contribution in [2.75, 3.05) is 31.1 Å². The SMILES string of the molecule is CC[C@H](C)[C@@H]1NC(=O)[C@@H](Cc2cccc3ccccc23)NC(=O)[C@@H](N)CSSC[C@@H](C(=O)N2CCC[C@H]2C(=O)N[C@H](CCCCN=C(N)N)C(=O)NCC(N)=O)NC(=O)[C@H](CC(N)=O)NC(=O)[C@H](CCC(N)=O)NC1=O. The number of guanidine groups is 1. The summed E-state index contributed by atoms with van der Waals surface area (Å²) in [6.07, 6.45) is 0.0168. The topological polar surface area (TPSA) is 444 Å². The highest BCUT2D eigenvalue weighted by Gasteiger charge is 2.41. The molecular weight excluding hydrogens is 1030 g/mol. The summed E-state index contributed by atoms with van der Waals surface area (Å²) in [6, 6.07) is 1.91. The lowest BCUT2D eigenvalue weighted by Gasteiger charge is -2.31. The number of nitrogens with zero attached hydrogens (tertiary/aromatic N) is 2. The summed E-state index contributed by atoms with van der Waals surface area (Å²) >= 11 is 0. The van der Waals surface area contributed by atoms with Crippen LogP contribution < -0.4 is 71.6 Å². The first-order chi connectivity index (χ1) is 36.1. The molecule has 28 heteroatoms. The van der Waals surface area contributed by atoms with Crippen LogP contribution in [0.25, 0.3) is 10.8 Å². The largest absolute Gasteiger partial charge is 0.370 e. The number of nitrogens with two attached hydrogens (primary N) is 6. The Morgan fingerprint density at radius 1 is 0.763 bits per heavy atom. The Labute approximate surface area is 447 Å². The van der Waals surface area contributed by atoms with Gasteiger partial charge in [0.1, 0.15) is 42.3 Å². The third-order valence-electron chi connectivity index (χ3n) is 12.7. The standard InChI is InChI=1S/C48H71N15O11S2/c1-3-25(2)39-46(73)58-31(16-17-36(50)64)42(69)60-33(21-37(51)65)43(70)61-34(24-76-75-23-29(49)40(67)59-32(44(71)62-39)20-27-12-8-11-26-10-4-5-13-28(26)27)47(74)63-19-9-15-35(63)45(72)57-30(41(68)56-22-38(52)66)14-6-7-18-55-48(53)54/h4-5,8,10-13,25,29-35,39H,3,6-7,9,14-24,49H2,1-2H3,(H2,50,64)(H2,51,65)(H2,52,66)(H,56,68)(H,57,72)(H,58,73)(H,59,67)(H,60,69)(H,61,70)(H,62,71)(H4,53,54,55)/t25-,29-,30+,31-,32+,33-,34-,35-,39-/m0/s1. The minimum Gasteiger partial charge on any atom is -0.370 e. The van der Waals surface area contributed by atoms with Gasteiger partial charge in [-0.05, 0) is 60.8 Å². The van der Waals surface area contributed by atoms with Crippen LogP contribution in [0, 0.1) is 5.92 Å². The Hall–Kier alpha value is -7.20. The molecule has 2 fully saturated rings. The predicted molar refractivity (Wildman–Crippen MR) is 285 cm³/mol. The third kappa shape index (κ3) is 19.2. The summed E-state index contributed by atoms with van der Waals surface area (Å²) < 4.78 is 0. The van der Waals surface area contributed by atoms with Crippen molar-refractivity contribution in [1.82, 2.24) is 42.1 Å². The number of primary amides is 3. The second-order valence-corrected chi connectivity index (χ2v) is 21.1. The fraction of sp³-hybridized carbons (Fsp3) is 0.542. The minimum absolute atomic E-state index is 0.0249. The van der Waals surface area contributed by atoms with Crippen LogP contribution in [0.4, 0.5) is 0 Å². The molecule has 416 valence electrons. The maximum Gasteiger partial charge on any atom is 0.246 e. The molecule has 0 saturated carbocycles. The summed E-state index contributed by atoms with van der Waals surface area (Å²) in [6.45, 7) is 3.19. The smallest absolute Gasteiger partial charge is 0.246 e. The number of benzene rings is 2. The van der Waals surface area contributed by atoms with Crippen molar-refractivity contribution in [3.05, 3.63) is 48.0 Å². The van der Waals surface area contributed by atoms with Crippen LogP contribution in [0.1, 0.15) is 77.2 Å². The molecule has 2 aliphatic rings. The van der Waals surface area contributed by atoms with Crippen LogP contribution in [0.15, 0.2) is 47.5 Å². The average Bonchev–Trinajstić information content (AvgIpc) is 3.88. The number of hydrogen-bond donors (Lipinski definition) is 13. The van der Waals surface area contributed by atoms with Gasteiger partial charge in [-0.2, -0.15) is 0 Å². The number of aliphatic imine (C=N–C) groups is 1. The molecule has 11 amide bonds. The van der Waals surface area contributed by atoms with Gasteiger partial charge in [0, 0.05) is 37.4 Å². The number of nitrogens with one attached hydrogen (secondary N) is 7. The summed E-state index contributed by atoms with van der Waals surface area (Å²) in [5.74, 6) is -10.4. The van der Waals surface area contributed by atoms with Crippen molar-refractivity contribution in [2.45, 2.75) is 126 Å². The van der Waals surface area contributed by atoms with E-state index >= 15 is 0 Å². The first-order valence-corrected chi connectivity index (χ1v) is 27.4. The fourth-order valence-electron chi connectivity index (χ4n) is 8.40. The molecule has 2 aromatic rings. The minimum atomic E-state index is -1.77. The van der Waals surface area contributed by atoms with E-state index in [1.165, 1.54) is 4.90 Å². The number of unbranched alkanes of at least 4 members (excludes halogenated alkanes) is 1. The number of amides is 11. The van der Waals surface area contributed by atoms with Crippen molar-refractivity contribution in [2.24, 2.45) is 45.3 Å². The van der Waals surface area contributed by atoms with Gasteiger partial charge < -0.3 is 76.5 Å². The van der Waals surface area contributed by atoms with E-state index in [-0.39, 0.29) is 49.8 Å². The molecule has 9 atom stereocenters. The Bertz CT molecular complexity index is 2480. The zero-order valence-corrected chi connectivity index (χ0v) is 44.1. The van der Waals surface area contributed by atoms with E-state index in [1.807, 2.05) is 30.3 Å². The van der Waals surface area contributed by atoms with Gasteiger partial charge in [0.25, 0.3) is 0 Å². The zero-order chi connectivity index (χ0) is 56.1. The molecule has 0 aromatic heterocycles. The molecule has 0 unspecified atom stereocenters. The monoisotopic (exact) mass is 1100 g/mol. The van der Waals surface area contributed by atoms with Crippen molar-refractivity contribution >= 4 is 103 Å². The lowest BCUT2D eigenvalue weighted by atomic mass is 9.95. The molecule has 0 spiro atoms. The number of carbonyl (C=O) groups excluding carboxylic acids is 11. The molecule has 0 radical (unpaired) electrons. The molecule has 0 aliphatic carbocycles. The van der Waals surface area contributed by atoms with Crippen molar-refractivity contribution in [3.63, 3.8) is 0 Å². The number of rotatable bonds is 20. The highest BCUT2D eigenvalue weighted by atomic mass is 33.1. The average molecular weight is 1100 g/mol. The highest BCUT2D eigenvalue weighted by molar-refractivity contribution is 8.76. The van der Waals surface area contributed by atoms with E-state index in [4.69, 9.17) is 34.4 Å². The number of fused-ring (bicyclic) bond motifs is 1. The van der Waals surface area contributed by atoms with Crippen LogP contribution >= 0.6 is 21.6 Å². The molecule has 76 heavy (non-hydrogen) atoms. The van der Waals surface area contributed by atoms with E-state index in [1.54, 1.807) is 26.0 Å². The van der Waals surface area contributed by atoms with Gasteiger partial charge in [0.15, 0.2) is 5.96 Å².